The molecular weight excluding hydrogens is 466 g/mol. The molecule has 1 aliphatic rings. The van der Waals surface area contributed by atoms with Gasteiger partial charge in [0.25, 0.3) is 0 Å². The molecule has 8 heteroatoms. The van der Waals surface area contributed by atoms with E-state index < -0.39 is 0 Å². The van der Waals surface area contributed by atoms with Gasteiger partial charge in [-0.25, -0.2) is 0 Å². The number of likely N-dealkylation sites (N-methyl/N-ethyl adjacent to an activating group) is 2. The molecule has 0 saturated carbocycles. The average Bonchev–Trinajstić information content (AvgIpc) is 3.39. The van der Waals surface area contributed by atoms with E-state index in [1.165, 1.54) is 11.1 Å². The highest BCUT2D eigenvalue weighted by atomic mass is 16.5. The van der Waals surface area contributed by atoms with Crippen LogP contribution in [0.2, 0.25) is 0 Å². The van der Waals surface area contributed by atoms with Crippen molar-refractivity contribution < 1.29 is 14.2 Å². The Morgan fingerprint density at radius 3 is 2.62 bits per heavy atom. The fourth-order valence-electron chi connectivity index (χ4n) is 4.51. The number of nitrogens with one attached hydrogen (secondary N) is 2. The zero-order valence-corrected chi connectivity index (χ0v) is 22.2. The van der Waals surface area contributed by atoms with Crippen LogP contribution in [0.15, 0.2) is 54.7 Å². The summed E-state index contributed by atoms with van der Waals surface area (Å²) in [7, 11) is 4.09. The van der Waals surface area contributed by atoms with Crippen LogP contribution in [0.3, 0.4) is 0 Å². The van der Waals surface area contributed by atoms with Gasteiger partial charge in [0.2, 0.25) is 0 Å². The van der Waals surface area contributed by atoms with Gasteiger partial charge in [0, 0.05) is 43.9 Å². The molecule has 1 aliphatic heterocycles. The Bertz CT molecular complexity index is 1050. The summed E-state index contributed by atoms with van der Waals surface area (Å²) in [5.41, 5.74) is 4.65. The first-order valence-electron chi connectivity index (χ1n) is 13.3. The highest BCUT2D eigenvalue weighted by Crippen LogP contribution is 2.24. The number of hydrogen-bond donors (Lipinski definition) is 2. The lowest BCUT2D eigenvalue weighted by molar-refractivity contribution is 0.0374. The minimum Gasteiger partial charge on any atom is -0.490 e. The van der Waals surface area contributed by atoms with E-state index in [1.807, 2.05) is 31.4 Å². The minimum absolute atomic E-state index is 0.492. The number of aryl methyl sites for hydroxylation is 1. The molecule has 0 amide bonds. The Labute approximate surface area is 220 Å². The summed E-state index contributed by atoms with van der Waals surface area (Å²) < 4.78 is 17.3. The van der Waals surface area contributed by atoms with Gasteiger partial charge in [-0.3, -0.25) is 10.00 Å². The number of rotatable bonds is 15. The number of morpholine rings is 1. The zero-order chi connectivity index (χ0) is 25.7. The molecule has 2 aromatic carbocycles. The summed E-state index contributed by atoms with van der Waals surface area (Å²) in [5.74, 6) is 1.73. The Morgan fingerprint density at radius 1 is 1.05 bits per heavy atom. The summed E-state index contributed by atoms with van der Waals surface area (Å²) in [5, 5.41) is 10.6. The maximum atomic E-state index is 5.95. The number of benzene rings is 2. The third-order valence-electron chi connectivity index (χ3n) is 6.61. The molecule has 2 heterocycles. The molecule has 0 aliphatic carbocycles. The molecule has 0 spiro atoms. The van der Waals surface area contributed by atoms with Crippen LogP contribution in [0.1, 0.15) is 17.5 Å². The fourth-order valence-corrected chi connectivity index (χ4v) is 4.51. The van der Waals surface area contributed by atoms with E-state index in [0.29, 0.717) is 13.2 Å². The van der Waals surface area contributed by atoms with E-state index in [4.69, 9.17) is 14.2 Å². The Kier molecular flexibility index (Phi) is 10.8. The topological polar surface area (TPSA) is 74.9 Å². The standard InChI is InChI=1S/C29H41N5O3/c1-30-12-14-33(2)23-26-22-31-32-29(26)25-8-10-27(11-9-25)36-19-20-37-28-7-3-5-24(21-28)6-4-13-34-15-17-35-18-16-34/h3,5,7-11,21-22,30H,4,6,12-20,23H2,1-2H3,(H,31,32). The first-order valence-corrected chi connectivity index (χ1v) is 13.3. The van der Waals surface area contributed by atoms with Gasteiger partial charge in [-0.15, -0.1) is 0 Å². The second-order valence-electron chi connectivity index (χ2n) is 9.54. The van der Waals surface area contributed by atoms with E-state index >= 15 is 0 Å². The smallest absolute Gasteiger partial charge is 0.122 e. The van der Waals surface area contributed by atoms with Gasteiger partial charge in [0.15, 0.2) is 0 Å². The molecule has 1 saturated heterocycles. The third-order valence-corrected chi connectivity index (χ3v) is 6.61. The van der Waals surface area contributed by atoms with Gasteiger partial charge >= 0.3 is 0 Å². The molecule has 0 unspecified atom stereocenters. The monoisotopic (exact) mass is 507 g/mol. The van der Waals surface area contributed by atoms with Gasteiger partial charge in [0.1, 0.15) is 24.7 Å². The zero-order valence-electron chi connectivity index (χ0n) is 22.2. The minimum atomic E-state index is 0.492. The molecule has 3 aromatic rings. The number of nitrogens with zero attached hydrogens (tertiary/aromatic N) is 3. The molecule has 0 bridgehead atoms. The summed E-state index contributed by atoms with van der Waals surface area (Å²) in [4.78, 5) is 4.76. The van der Waals surface area contributed by atoms with Crippen LogP contribution in [0.25, 0.3) is 11.3 Å². The van der Waals surface area contributed by atoms with Crippen molar-refractivity contribution >= 4 is 0 Å². The average molecular weight is 508 g/mol. The predicted octanol–water partition coefficient (Wildman–Crippen LogP) is 3.45. The molecule has 0 radical (unpaired) electrons. The number of ether oxygens (including phenoxy) is 3. The van der Waals surface area contributed by atoms with Gasteiger partial charge in [0.05, 0.1) is 25.1 Å². The first-order chi connectivity index (χ1) is 18.2. The lowest BCUT2D eigenvalue weighted by Crippen LogP contribution is -2.36. The van der Waals surface area contributed by atoms with E-state index in [2.05, 4.69) is 62.7 Å². The number of H-pyrrole nitrogens is 1. The van der Waals surface area contributed by atoms with Gasteiger partial charge in [-0.2, -0.15) is 5.10 Å². The summed E-state index contributed by atoms with van der Waals surface area (Å²) in [6.45, 7) is 8.71. The summed E-state index contributed by atoms with van der Waals surface area (Å²) >= 11 is 0. The molecule has 0 atom stereocenters. The maximum absolute atomic E-state index is 5.95. The molecule has 200 valence electrons. The van der Waals surface area contributed by atoms with Crippen molar-refractivity contribution in [3.63, 3.8) is 0 Å². The lowest BCUT2D eigenvalue weighted by Gasteiger charge is -2.26. The van der Waals surface area contributed by atoms with Crippen LogP contribution in [-0.4, -0.2) is 93.2 Å². The molecule has 8 nitrogen and oxygen atoms in total. The molecule has 37 heavy (non-hydrogen) atoms. The lowest BCUT2D eigenvalue weighted by atomic mass is 10.1. The SMILES string of the molecule is CNCCN(C)Cc1cn[nH]c1-c1ccc(OCCOc2cccc(CCCN3CCOCC3)c2)cc1. The molecule has 1 aromatic heterocycles. The third kappa shape index (κ3) is 8.86. The normalized spacial score (nSPS) is 14.2. The highest BCUT2D eigenvalue weighted by molar-refractivity contribution is 5.63. The summed E-state index contributed by atoms with van der Waals surface area (Å²) in [6, 6.07) is 16.5. The van der Waals surface area contributed by atoms with Gasteiger partial charge in [-0.05, 0) is 75.4 Å². The number of hydrogen-bond acceptors (Lipinski definition) is 7. The fraction of sp³-hybridized carbons (Fsp3) is 0.483. The van der Waals surface area contributed by atoms with E-state index in [0.717, 1.165) is 88.1 Å². The van der Waals surface area contributed by atoms with Gasteiger partial charge < -0.3 is 24.4 Å². The van der Waals surface area contributed by atoms with Crippen molar-refractivity contribution in [1.82, 2.24) is 25.3 Å². The second kappa shape index (κ2) is 14.7. The van der Waals surface area contributed by atoms with Crippen LogP contribution < -0.4 is 14.8 Å². The number of aromatic nitrogens is 2. The van der Waals surface area contributed by atoms with Crippen LogP contribution >= 0.6 is 0 Å². The largest absolute Gasteiger partial charge is 0.490 e. The van der Waals surface area contributed by atoms with Gasteiger partial charge in [-0.1, -0.05) is 12.1 Å². The predicted molar refractivity (Wildman–Crippen MR) is 147 cm³/mol. The Hall–Kier alpha value is -2.91. The highest BCUT2D eigenvalue weighted by Gasteiger charge is 2.11. The van der Waals surface area contributed by atoms with E-state index in [1.54, 1.807) is 0 Å². The molecular formula is C29H41N5O3. The van der Waals surface area contributed by atoms with Crippen LogP contribution in [0.4, 0.5) is 0 Å². The van der Waals surface area contributed by atoms with Crippen molar-refractivity contribution in [1.29, 1.82) is 0 Å². The number of aromatic amines is 1. The summed E-state index contributed by atoms with van der Waals surface area (Å²) in [6.07, 6.45) is 4.11. The van der Waals surface area contributed by atoms with Crippen molar-refractivity contribution in [3.05, 3.63) is 65.9 Å². The van der Waals surface area contributed by atoms with Crippen LogP contribution in [0, 0.1) is 0 Å². The molecule has 4 rings (SSSR count). The van der Waals surface area contributed by atoms with Crippen molar-refractivity contribution in [2.45, 2.75) is 19.4 Å². The Morgan fingerprint density at radius 2 is 1.84 bits per heavy atom. The maximum Gasteiger partial charge on any atom is 0.122 e. The van der Waals surface area contributed by atoms with Crippen LogP contribution in [0.5, 0.6) is 11.5 Å². The molecule has 2 N–H and O–H groups in total. The van der Waals surface area contributed by atoms with Crippen molar-refractivity contribution in [2.75, 3.05) is 73.2 Å². The quantitative estimate of drug-likeness (QED) is 0.305. The van der Waals surface area contributed by atoms with Crippen molar-refractivity contribution in [2.24, 2.45) is 0 Å². The van der Waals surface area contributed by atoms with Crippen molar-refractivity contribution in [3.8, 4) is 22.8 Å². The van der Waals surface area contributed by atoms with Crippen LogP contribution in [-0.2, 0) is 17.7 Å². The van der Waals surface area contributed by atoms with E-state index in [-0.39, 0.29) is 0 Å². The van der Waals surface area contributed by atoms with E-state index in [9.17, 15) is 0 Å². The first kappa shape index (κ1) is 27.1. The second-order valence-corrected chi connectivity index (χ2v) is 9.54. The Balaban J connectivity index is 1.18. The molecule has 1 fully saturated rings.